The Morgan fingerprint density at radius 3 is 2.00 bits per heavy atom. The molecule has 0 aliphatic heterocycles. The molecule has 3 aromatic rings. The van der Waals surface area contributed by atoms with Gasteiger partial charge in [0.15, 0.2) is 4.96 Å². The summed E-state index contributed by atoms with van der Waals surface area (Å²) in [5.74, 6) is 1.97. The smallest absolute Gasteiger partial charge is 0.194 e. The van der Waals surface area contributed by atoms with Gasteiger partial charge in [-0.25, -0.2) is 4.98 Å². The summed E-state index contributed by atoms with van der Waals surface area (Å²) in [4.78, 5) is 7.37. The van der Waals surface area contributed by atoms with Crippen LogP contribution in [-0.2, 0) is 12.8 Å². The number of aryl methyl sites for hydroxylation is 2. The fourth-order valence-electron chi connectivity index (χ4n) is 6.24. The predicted octanol–water partition coefficient (Wildman–Crippen LogP) is 11.1. The minimum Gasteiger partial charge on any atom is -0.297 e. The molecule has 1 aliphatic rings. The molecule has 0 spiro atoms. The number of hydrogen-bond acceptors (Lipinski definition) is 2. The maximum atomic E-state index is 4.91. The van der Waals surface area contributed by atoms with E-state index in [9.17, 15) is 0 Å². The van der Waals surface area contributed by atoms with Gasteiger partial charge in [0, 0.05) is 12.4 Å². The highest BCUT2D eigenvalue weighted by Gasteiger charge is 2.20. The summed E-state index contributed by atoms with van der Waals surface area (Å²) in [5, 5.41) is 0. The van der Waals surface area contributed by atoms with Gasteiger partial charge in [-0.05, 0) is 48.6 Å². The van der Waals surface area contributed by atoms with Crippen LogP contribution in [0.15, 0.2) is 36.7 Å². The standard InChI is InChI=1S/C34H52N2S/c1-3-5-7-9-11-13-15-32-26-36-27-33(37-34(36)35-32)31-24-22-30(23-25-31)21-20-29-18-16-28(17-19-29)14-12-10-8-6-4-2/h22-29H,3-21H2,1-2H3. The lowest BCUT2D eigenvalue weighted by Gasteiger charge is -2.28. The third-order valence-electron chi connectivity index (χ3n) is 8.75. The zero-order chi connectivity index (χ0) is 25.7. The lowest BCUT2D eigenvalue weighted by Crippen LogP contribution is -2.15. The molecule has 0 radical (unpaired) electrons. The lowest BCUT2D eigenvalue weighted by molar-refractivity contribution is 0.249. The number of benzene rings is 1. The Labute approximate surface area is 231 Å². The van der Waals surface area contributed by atoms with Crippen LogP contribution in [0.2, 0.25) is 0 Å². The number of thiazole rings is 1. The zero-order valence-electron chi connectivity index (χ0n) is 23.9. The SMILES string of the molecule is CCCCCCCCc1cn2cc(-c3ccc(CCC4CCC(CCCCCCC)CC4)cc3)sc2n1. The van der Waals surface area contributed by atoms with Crippen molar-refractivity contribution >= 4 is 16.3 Å². The molecule has 3 heteroatoms. The normalized spacial score (nSPS) is 18.1. The Hall–Kier alpha value is -1.61. The summed E-state index contributed by atoms with van der Waals surface area (Å²) in [6, 6.07) is 9.38. The summed E-state index contributed by atoms with van der Waals surface area (Å²) in [7, 11) is 0. The second kappa shape index (κ2) is 15.7. The first-order valence-electron chi connectivity index (χ1n) is 15.8. The summed E-state index contributed by atoms with van der Waals surface area (Å²) in [5.41, 5.74) is 4.09. The summed E-state index contributed by atoms with van der Waals surface area (Å²) >= 11 is 1.82. The van der Waals surface area contributed by atoms with E-state index in [1.54, 1.807) is 0 Å². The Kier molecular flexibility index (Phi) is 12.1. The van der Waals surface area contributed by atoms with Gasteiger partial charge in [-0.15, -0.1) is 0 Å². The Morgan fingerprint density at radius 2 is 1.32 bits per heavy atom. The van der Waals surface area contributed by atoms with Crippen LogP contribution in [0, 0.1) is 11.8 Å². The largest absolute Gasteiger partial charge is 0.297 e. The number of rotatable bonds is 17. The Bertz CT molecular complexity index is 975. The van der Waals surface area contributed by atoms with E-state index in [0.717, 1.165) is 23.2 Å². The van der Waals surface area contributed by atoms with Gasteiger partial charge >= 0.3 is 0 Å². The average molecular weight is 521 g/mol. The van der Waals surface area contributed by atoms with Gasteiger partial charge < -0.3 is 0 Å². The van der Waals surface area contributed by atoms with Crippen molar-refractivity contribution in [1.82, 2.24) is 9.38 Å². The number of unbranched alkanes of at least 4 members (excludes halogenated alkanes) is 9. The average Bonchev–Trinajstić information content (AvgIpc) is 3.49. The molecule has 1 fully saturated rings. The van der Waals surface area contributed by atoms with Crippen LogP contribution in [0.1, 0.15) is 134 Å². The highest BCUT2D eigenvalue weighted by atomic mass is 32.1. The number of hydrogen-bond donors (Lipinski definition) is 0. The Balaban J connectivity index is 1.16. The molecule has 0 bridgehead atoms. The first-order valence-corrected chi connectivity index (χ1v) is 16.6. The molecule has 2 heterocycles. The second-order valence-electron chi connectivity index (χ2n) is 11.9. The molecule has 0 atom stereocenters. The van der Waals surface area contributed by atoms with E-state index >= 15 is 0 Å². The van der Waals surface area contributed by atoms with E-state index in [1.165, 1.54) is 137 Å². The molecular weight excluding hydrogens is 468 g/mol. The van der Waals surface area contributed by atoms with E-state index in [4.69, 9.17) is 4.98 Å². The van der Waals surface area contributed by atoms with Crippen molar-refractivity contribution in [2.45, 2.75) is 136 Å². The Morgan fingerprint density at radius 1 is 0.703 bits per heavy atom. The van der Waals surface area contributed by atoms with Crippen LogP contribution in [0.25, 0.3) is 15.4 Å². The van der Waals surface area contributed by atoms with Crippen molar-refractivity contribution in [3.63, 3.8) is 0 Å². The van der Waals surface area contributed by atoms with Gasteiger partial charge in [0.1, 0.15) is 0 Å². The van der Waals surface area contributed by atoms with Crippen LogP contribution >= 0.6 is 11.3 Å². The first kappa shape index (κ1) is 28.4. The third-order valence-corrected chi connectivity index (χ3v) is 9.80. The van der Waals surface area contributed by atoms with E-state index in [2.05, 4.69) is 54.9 Å². The topological polar surface area (TPSA) is 17.3 Å². The molecule has 0 amide bonds. The molecule has 1 saturated carbocycles. The molecule has 37 heavy (non-hydrogen) atoms. The maximum absolute atomic E-state index is 4.91. The van der Waals surface area contributed by atoms with Crippen LogP contribution in [0.5, 0.6) is 0 Å². The molecule has 1 aliphatic carbocycles. The zero-order valence-corrected chi connectivity index (χ0v) is 24.7. The molecule has 1 aromatic carbocycles. The van der Waals surface area contributed by atoms with Gasteiger partial charge in [-0.2, -0.15) is 0 Å². The summed E-state index contributed by atoms with van der Waals surface area (Å²) in [6.45, 7) is 4.59. The predicted molar refractivity (Wildman–Crippen MR) is 163 cm³/mol. The molecule has 2 nitrogen and oxygen atoms in total. The van der Waals surface area contributed by atoms with Gasteiger partial charge in [-0.3, -0.25) is 4.40 Å². The number of imidazole rings is 1. The molecule has 0 unspecified atom stereocenters. The van der Waals surface area contributed by atoms with Gasteiger partial charge in [0.25, 0.3) is 0 Å². The fraction of sp³-hybridized carbons (Fsp3) is 0.676. The minimum atomic E-state index is 0.951. The maximum Gasteiger partial charge on any atom is 0.194 e. The van der Waals surface area contributed by atoms with Crippen molar-refractivity contribution in [2.75, 3.05) is 0 Å². The second-order valence-corrected chi connectivity index (χ2v) is 12.9. The quantitative estimate of drug-likeness (QED) is 0.162. The minimum absolute atomic E-state index is 0.951. The number of fused-ring (bicyclic) bond motifs is 1. The van der Waals surface area contributed by atoms with E-state index in [0.29, 0.717) is 0 Å². The van der Waals surface area contributed by atoms with Gasteiger partial charge in [0.2, 0.25) is 0 Å². The van der Waals surface area contributed by atoms with Crippen LogP contribution in [-0.4, -0.2) is 9.38 Å². The van der Waals surface area contributed by atoms with Crippen molar-refractivity contribution < 1.29 is 0 Å². The highest BCUT2D eigenvalue weighted by Crippen LogP contribution is 2.35. The summed E-state index contributed by atoms with van der Waals surface area (Å²) < 4.78 is 2.24. The fourth-order valence-corrected chi connectivity index (χ4v) is 7.23. The molecule has 0 saturated heterocycles. The van der Waals surface area contributed by atoms with Crippen molar-refractivity contribution in [1.29, 1.82) is 0 Å². The van der Waals surface area contributed by atoms with Crippen LogP contribution in [0.4, 0.5) is 0 Å². The first-order chi connectivity index (χ1) is 18.2. The molecule has 204 valence electrons. The summed E-state index contributed by atoms with van der Waals surface area (Å²) in [6.07, 6.45) is 30.9. The van der Waals surface area contributed by atoms with Crippen molar-refractivity contribution in [3.05, 3.63) is 47.9 Å². The number of aromatic nitrogens is 2. The van der Waals surface area contributed by atoms with Crippen molar-refractivity contribution in [3.8, 4) is 10.4 Å². The van der Waals surface area contributed by atoms with Crippen LogP contribution in [0.3, 0.4) is 0 Å². The van der Waals surface area contributed by atoms with Crippen LogP contribution < -0.4 is 0 Å². The van der Waals surface area contributed by atoms with E-state index < -0.39 is 0 Å². The molecule has 0 N–H and O–H groups in total. The number of nitrogens with zero attached hydrogens (tertiary/aromatic N) is 2. The van der Waals surface area contributed by atoms with E-state index in [1.807, 2.05) is 11.3 Å². The molecular formula is C34H52N2S. The lowest BCUT2D eigenvalue weighted by atomic mass is 9.77. The molecule has 2 aromatic heterocycles. The third kappa shape index (κ3) is 9.27. The van der Waals surface area contributed by atoms with Gasteiger partial charge in [0.05, 0.1) is 10.6 Å². The van der Waals surface area contributed by atoms with Gasteiger partial charge in [-0.1, -0.05) is 146 Å². The monoisotopic (exact) mass is 520 g/mol. The highest BCUT2D eigenvalue weighted by molar-refractivity contribution is 7.20. The molecule has 4 rings (SSSR count). The van der Waals surface area contributed by atoms with Crippen molar-refractivity contribution in [2.24, 2.45) is 11.8 Å². The van der Waals surface area contributed by atoms with E-state index in [-0.39, 0.29) is 0 Å².